The van der Waals surface area contributed by atoms with Crippen molar-refractivity contribution in [3.63, 3.8) is 0 Å². The average molecular weight is 238 g/mol. The molecule has 17 heavy (non-hydrogen) atoms. The van der Waals surface area contributed by atoms with Gasteiger partial charge < -0.3 is 5.11 Å². The normalized spacial score (nSPS) is 34.0. The van der Waals surface area contributed by atoms with E-state index in [0.717, 1.165) is 12.3 Å². The van der Waals surface area contributed by atoms with Gasteiger partial charge in [0.25, 0.3) is 0 Å². The Labute approximate surface area is 105 Å². The standard InChI is InChI=1S/C15H26O2/c1-15(2,3)9-12(16)8-14(17)13-7-10-4-5-11(13)6-10/h10-11,13-14,17H,4-9H2,1-3H3. The first-order valence-corrected chi connectivity index (χ1v) is 7.05. The largest absolute Gasteiger partial charge is 0.392 e. The molecule has 1 N–H and O–H groups in total. The second-order valence-electron chi connectivity index (χ2n) is 7.39. The molecule has 0 radical (unpaired) electrons. The highest BCUT2D eigenvalue weighted by Crippen LogP contribution is 2.50. The molecule has 4 unspecified atom stereocenters. The Morgan fingerprint density at radius 3 is 2.47 bits per heavy atom. The zero-order valence-corrected chi connectivity index (χ0v) is 11.4. The molecule has 2 heteroatoms. The second-order valence-corrected chi connectivity index (χ2v) is 7.39. The quantitative estimate of drug-likeness (QED) is 0.816. The van der Waals surface area contributed by atoms with Crippen molar-refractivity contribution in [3.05, 3.63) is 0 Å². The van der Waals surface area contributed by atoms with Crippen molar-refractivity contribution in [1.29, 1.82) is 0 Å². The summed E-state index contributed by atoms with van der Waals surface area (Å²) >= 11 is 0. The Morgan fingerprint density at radius 2 is 2.00 bits per heavy atom. The van der Waals surface area contributed by atoms with Crippen LogP contribution < -0.4 is 0 Å². The Balaban J connectivity index is 1.81. The summed E-state index contributed by atoms with van der Waals surface area (Å²) in [7, 11) is 0. The summed E-state index contributed by atoms with van der Waals surface area (Å²) in [6.07, 6.45) is 5.68. The SMILES string of the molecule is CC(C)(C)CC(=O)CC(O)C1CC2CCC1C2. The number of aliphatic hydroxyl groups is 1. The van der Waals surface area contributed by atoms with E-state index in [-0.39, 0.29) is 17.3 Å². The van der Waals surface area contributed by atoms with Crippen LogP contribution in [-0.2, 0) is 4.79 Å². The van der Waals surface area contributed by atoms with Gasteiger partial charge >= 0.3 is 0 Å². The predicted octanol–water partition coefficient (Wildman–Crippen LogP) is 3.18. The minimum absolute atomic E-state index is 0.0471. The monoisotopic (exact) mass is 238 g/mol. The van der Waals surface area contributed by atoms with Crippen molar-refractivity contribution < 1.29 is 9.90 Å². The smallest absolute Gasteiger partial charge is 0.136 e. The van der Waals surface area contributed by atoms with Crippen molar-refractivity contribution in [1.82, 2.24) is 0 Å². The predicted molar refractivity (Wildman–Crippen MR) is 68.6 cm³/mol. The molecule has 2 aliphatic carbocycles. The van der Waals surface area contributed by atoms with Gasteiger partial charge in [-0.2, -0.15) is 0 Å². The Bertz CT molecular complexity index is 290. The molecule has 4 atom stereocenters. The molecular formula is C15H26O2. The zero-order chi connectivity index (χ0) is 12.6. The highest BCUT2D eigenvalue weighted by molar-refractivity contribution is 5.79. The van der Waals surface area contributed by atoms with Crippen molar-refractivity contribution in [2.24, 2.45) is 23.2 Å². The molecule has 2 aliphatic rings. The summed E-state index contributed by atoms with van der Waals surface area (Å²) in [5, 5.41) is 10.2. The highest BCUT2D eigenvalue weighted by atomic mass is 16.3. The molecule has 0 aromatic carbocycles. The van der Waals surface area contributed by atoms with Crippen LogP contribution in [0.1, 0.15) is 59.3 Å². The number of hydrogen-bond acceptors (Lipinski definition) is 2. The second kappa shape index (κ2) is 4.72. The number of ketones is 1. The summed E-state index contributed by atoms with van der Waals surface area (Å²) in [5.74, 6) is 2.19. The molecule has 2 saturated carbocycles. The van der Waals surface area contributed by atoms with Gasteiger partial charge in [-0.15, -0.1) is 0 Å². The first-order chi connectivity index (χ1) is 7.85. The maximum absolute atomic E-state index is 11.9. The lowest BCUT2D eigenvalue weighted by Gasteiger charge is -2.27. The van der Waals surface area contributed by atoms with Gasteiger partial charge in [0.1, 0.15) is 5.78 Å². The van der Waals surface area contributed by atoms with Gasteiger partial charge in [0.15, 0.2) is 0 Å². The van der Waals surface area contributed by atoms with E-state index in [1.165, 1.54) is 19.3 Å². The van der Waals surface area contributed by atoms with Crippen LogP contribution in [0.3, 0.4) is 0 Å². The first-order valence-electron chi connectivity index (χ1n) is 7.05. The molecule has 0 heterocycles. The molecule has 0 spiro atoms. The van der Waals surface area contributed by atoms with E-state index >= 15 is 0 Å². The molecule has 2 bridgehead atoms. The van der Waals surface area contributed by atoms with Crippen LogP contribution in [0.15, 0.2) is 0 Å². The van der Waals surface area contributed by atoms with Gasteiger partial charge in [-0.05, 0) is 42.4 Å². The van der Waals surface area contributed by atoms with Gasteiger partial charge in [-0.3, -0.25) is 4.79 Å². The molecule has 0 aliphatic heterocycles. The van der Waals surface area contributed by atoms with E-state index in [9.17, 15) is 9.90 Å². The lowest BCUT2D eigenvalue weighted by molar-refractivity contribution is -0.123. The Hall–Kier alpha value is -0.370. The third kappa shape index (κ3) is 3.31. The number of rotatable bonds is 4. The van der Waals surface area contributed by atoms with E-state index in [4.69, 9.17) is 0 Å². The summed E-state index contributed by atoms with van der Waals surface area (Å²) in [6.45, 7) is 6.23. The summed E-state index contributed by atoms with van der Waals surface area (Å²) in [4.78, 5) is 11.9. The van der Waals surface area contributed by atoms with E-state index in [1.54, 1.807) is 0 Å². The molecule has 0 saturated heterocycles. The molecule has 98 valence electrons. The summed E-state index contributed by atoms with van der Waals surface area (Å²) in [5.41, 5.74) is 0.0471. The Morgan fingerprint density at radius 1 is 1.29 bits per heavy atom. The van der Waals surface area contributed by atoms with Crippen LogP contribution in [0.4, 0.5) is 0 Å². The third-order valence-electron chi connectivity index (χ3n) is 4.45. The summed E-state index contributed by atoms with van der Waals surface area (Å²) < 4.78 is 0. The van der Waals surface area contributed by atoms with Gasteiger partial charge in [-0.25, -0.2) is 0 Å². The van der Waals surface area contributed by atoms with Crippen molar-refractivity contribution >= 4 is 5.78 Å². The fourth-order valence-corrected chi connectivity index (χ4v) is 3.81. The van der Waals surface area contributed by atoms with Gasteiger partial charge in [0, 0.05) is 12.8 Å². The van der Waals surface area contributed by atoms with Gasteiger partial charge in [0.2, 0.25) is 0 Å². The minimum Gasteiger partial charge on any atom is -0.392 e. The molecule has 0 aromatic heterocycles. The topological polar surface area (TPSA) is 37.3 Å². The molecule has 2 rings (SSSR count). The number of hydrogen-bond donors (Lipinski definition) is 1. The van der Waals surface area contributed by atoms with Crippen LogP contribution in [-0.4, -0.2) is 17.0 Å². The fourth-order valence-electron chi connectivity index (χ4n) is 3.81. The van der Waals surface area contributed by atoms with Crippen molar-refractivity contribution in [2.45, 2.75) is 65.4 Å². The molecule has 0 amide bonds. The first kappa shape index (κ1) is 13.1. The van der Waals surface area contributed by atoms with Crippen LogP contribution in [0.2, 0.25) is 0 Å². The highest BCUT2D eigenvalue weighted by Gasteiger charge is 2.43. The lowest BCUT2D eigenvalue weighted by atomic mass is 9.81. The maximum Gasteiger partial charge on any atom is 0.136 e. The van der Waals surface area contributed by atoms with Gasteiger partial charge in [0.05, 0.1) is 6.10 Å². The van der Waals surface area contributed by atoms with E-state index in [1.807, 2.05) is 0 Å². The molecule has 0 aromatic rings. The van der Waals surface area contributed by atoms with Crippen molar-refractivity contribution in [2.75, 3.05) is 0 Å². The van der Waals surface area contributed by atoms with E-state index < -0.39 is 0 Å². The Kier molecular flexibility index (Phi) is 3.63. The van der Waals surface area contributed by atoms with Crippen LogP contribution >= 0.6 is 0 Å². The average Bonchev–Trinajstić information content (AvgIpc) is 2.74. The summed E-state index contributed by atoms with van der Waals surface area (Å²) in [6, 6.07) is 0. The molecule has 2 nitrogen and oxygen atoms in total. The zero-order valence-electron chi connectivity index (χ0n) is 11.4. The molecule has 2 fully saturated rings. The van der Waals surface area contributed by atoms with Gasteiger partial charge in [-0.1, -0.05) is 27.2 Å². The van der Waals surface area contributed by atoms with E-state index in [2.05, 4.69) is 20.8 Å². The fraction of sp³-hybridized carbons (Fsp3) is 0.933. The number of carbonyl (C=O) groups excluding carboxylic acids is 1. The number of aliphatic hydroxyl groups excluding tert-OH is 1. The lowest BCUT2D eigenvalue weighted by Crippen LogP contribution is -2.29. The van der Waals surface area contributed by atoms with E-state index in [0.29, 0.717) is 24.7 Å². The maximum atomic E-state index is 11.9. The number of Topliss-reactive ketones (excluding diaryl/α,β-unsaturated/α-hetero) is 1. The number of fused-ring (bicyclic) bond motifs is 2. The number of carbonyl (C=O) groups is 1. The molecular weight excluding hydrogens is 212 g/mol. The minimum atomic E-state index is -0.375. The third-order valence-corrected chi connectivity index (χ3v) is 4.45. The van der Waals surface area contributed by atoms with Crippen molar-refractivity contribution in [3.8, 4) is 0 Å². The van der Waals surface area contributed by atoms with Crippen LogP contribution in [0, 0.1) is 23.2 Å². The van der Waals surface area contributed by atoms with Crippen LogP contribution in [0.5, 0.6) is 0 Å². The van der Waals surface area contributed by atoms with Crippen LogP contribution in [0.25, 0.3) is 0 Å².